The van der Waals surface area contributed by atoms with Crippen LogP contribution in [0.2, 0.25) is 0 Å². The molecule has 2 atom stereocenters. The van der Waals surface area contributed by atoms with Gasteiger partial charge < -0.3 is 9.47 Å². The molecule has 4 heteroatoms. The smallest absolute Gasteiger partial charge is 0.149 e. The van der Waals surface area contributed by atoms with Crippen molar-refractivity contribution in [2.75, 3.05) is 13.2 Å². The SMILES string of the molecule is CC#CCOc1ccc2cc(C3(c4ccc(Cc5ccc(C6(c7ccc8cc(OCC#CC)ccc8c7)c7ccccc7C=Cc7cnccc76)cc5)cc4)c4ccccc4C=Cc4cnccc43)ccc2c1. The van der Waals surface area contributed by atoms with E-state index in [1.807, 2.05) is 50.8 Å². The molecule has 0 saturated heterocycles. The maximum absolute atomic E-state index is 5.97. The standard InChI is InChI=1S/C69H50N2O2/c1-3-5-39-72-62-33-25-52-42-60(31-23-54(52)44-62)68(64-13-9-7-11-50(64)19-21-56-46-70-37-35-66(56)68)58-27-15-48(16-28-58)41-49-17-29-59(30-18-49)69(61-32-24-55-45-63(73-40-6-4-2)34-26-53(55)43-61)65-14-10-8-12-51(65)20-22-57-47-71-38-36-67(57)69/h7-38,42-47H,39-41H2,1-2H3. The first-order valence-corrected chi connectivity index (χ1v) is 24.8. The summed E-state index contributed by atoms with van der Waals surface area (Å²) < 4.78 is 11.9. The first-order valence-electron chi connectivity index (χ1n) is 24.8. The van der Waals surface area contributed by atoms with Crippen LogP contribution in [0.3, 0.4) is 0 Å². The zero-order chi connectivity index (χ0) is 49.2. The van der Waals surface area contributed by atoms with E-state index in [-0.39, 0.29) is 0 Å². The number of nitrogens with zero attached hydrogens (tertiary/aromatic N) is 2. The highest BCUT2D eigenvalue weighted by molar-refractivity contribution is 5.89. The van der Waals surface area contributed by atoms with Gasteiger partial charge in [-0.3, -0.25) is 9.97 Å². The predicted octanol–water partition coefficient (Wildman–Crippen LogP) is 14.9. The lowest BCUT2D eigenvalue weighted by Crippen LogP contribution is -2.32. The van der Waals surface area contributed by atoms with Crippen molar-refractivity contribution in [3.05, 3.63) is 285 Å². The first kappa shape index (κ1) is 45.0. The second-order valence-electron chi connectivity index (χ2n) is 18.7. The third-order valence-corrected chi connectivity index (χ3v) is 14.8. The highest BCUT2D eigenvalue weighted by atomic mass is 16.5. The fraction of sp³-hybridized carbons (Fsp3) is 0.101. The minimum atomic E-state index is -0.648. The third-order valence-electron chi connectivity index (χ3n) is 14.8. The summed E-state index contributed by atoms with van der Waals surface area (Å²) in [6, 6.07) is 67.0. The van der Waals surface area contributed by atoms with Crippen LogP contribution in [0.5, 0.6) is 11.5 Å². The zero-order valence-electron chi connectivity index (χ0n) is 40.8. The van der Waals surface area contributed by atoms with E-state index < -0.39 is 10.8 Å². The van der Waals surface area contributed by atoms with Gasteiger partial charge in [0.05, 0.1) is 10.8 Å². The zero-order valence-corrected chi connectivity index (χ0v) is 40.8. The monoisotopic (exact) mass is 938 g/mol. The van der Waals surface area contributed by atoms with Crippen molar-refractivity contribution in [2.45, 2.75) is 31.1 Å². The number of hydrogen-bond acceptors (Lipinski definition) is 4. The van der Waals surface area contributed by atoms with Crippen molar-refractivity contribution in [3.63, 3.8) is 0 Å². The molecule has 2 unspecified atom stereocenters. The average molecular weight is 939 g/mol. The van der Waals surface area contributed by atoms with E-state index in [4.69, 9.17) is 9.47 Å². The van der Waals surface area contributed by atoms with E-state index in [1.165, 1.54) is 66.8 Å². The highest BCUT2D eigenvalue weighted by Gasteiger charge is 2.43. The summed E-state index contributed by atoms with van der Waals surface area (Å²) in [7, 11) is 0. The Morgan fingerprint density at radius 1 is 0.384 bits per heavy atom. The van der Waals surface area contributed by atoms with Crippen LogP contribution in [0.1, 0.15) is 91.7 Å². The van der Waals surface area contributed by atoms with Crippen LogP contribution in [0.4, 0.5) is 0 Å². The molecule has 12 rings (SSSR count). The van der Waals surface area contributed by atoms with Crippen LogP contribution in [-0.4, -0.2) is 23.2 Å². The summed E-state index contributed by atoms with van der Waals surface area (Å²) in [5.74, 6) is 13.5. The molecule has 0 fully saturated rings. The Morgan fingerprint density at radius 2 is 0.767 bits per heavy atom. The molecule has 0 spiro atoms. The Hall–Kier alpha value is -9.22. The van der Waals surface area contributed by atoms with Crippen LogP contribution in [0.25, 0.3) is 45.8 Å². The molecule has 348 valence electrons. The number of pyridine rings is 2. The summed E-state index contributed by atoms with van der Waals surface area (Å²) in [6.07, 6.45) is 17.5. The lowest BCUT2D eigenvalue weighted by atomic mass is 9.63. The number of hydrogen-bond donors (Lipinski definition) is 0. The molecular weight excluding hydrogens is 889 g/mol. The van der Waals surface area contributed by atoms with Crippen LogP contribution in [-0.2, 0) is 17.3 Å². The second kappa shape index (κ2) is 19.2. The number of fused-ring (bicyclic) bond motifs is 6. The van der Waals surface area contributed by atoms with Gasteiger partial charge in [0.15, 0.2) is 0 Å². The maximum atomic E-state index is 5.97. The van der Waals surface area contributed by atoms with E-state index in [1.54, 1.807) is 0 Å². The molecule has 0 aliphatic heterocycles. The maximum Gasteiger partial charge on any atom is 0.149 e. The van der Waals surface area contributed by atoms with Crippen LogP contribution < -0.4 is 9.47 Å². The summed E-state index contributed by atoms with van der Waals surface area (Å²) in [4.78, 5) is 9.26. The van der Waals surface area contributed by atoms with Crippen molar-refractivity contribution >= 4 is 45.8 Å². The molecule has 0 saturated carbocycles. The van der Waals surface area contributed by atoms with Crippen LogP contribution in [0.15, 0.2) is 207 Å². The van der Waals surface area contributed by atoms with Crippen molar-refractivity contribution in [3.8, 4) is 35.2 Å². The summed E-state index contributed by atoms with van der Waals surface area (Å²) >= 11 is 0. The molecule has 2 aliphatic carbocycles. The van der Waals surface area contributed by atoms with Gasteiger partial charge in [0.25, 0.3) is 0 Å². The molecule has 4 nitrogen and oxygen atoms in total. The van der Waals surface area contributed by atoms with E-state index in [0.29, 0.717) is 13.2 Å². The average Bonchev–Trinajstić information content (AvgIpc) is 3.69. The number of benzene rings is 8. The number of aromatic nitrogens is 2. The van der Waals surface area contributed by atoms with Crippen LogP contribution in [0, 0.1) is 23.7 Å². The van der Waals surface area contributed by atoms with Gasteiger partial charge >= 0.3 is 0 Å². The molecule has 2 aromatic heterocycles. The third kappa shape index (κ3) is 7.95. The normalized spacial score (nSPS) is 16.0. The van der Waals surface area contributed by atoms with E-state index in [2.05, 4.69) is 228 Å². The van der Waals surface area contributed by atoms with Gasteiger partial charge in [-0.05, 0) is 168 Å². The Labute approximate surface area is 427 Å². The molecule has 2 heterocycles. The fourth-order valence-electron chi connectivity index (χ4n) is 11.4. The predicted molar refractivity (Wildman–Crippen MR) is 299 cm³/mol. The quantitative estimate of drug-likeness (QED) is 0.128. The van der Waals surface area contributed by atoms with E-state index in [0.717, 1.165) is 50.6 Å². The summed E-state index contributed by atoms with van der Waals surface area (Å²) in [5.41, 5.74) is 15.3. The molecule has 0 radical (unpaired) electrons. The van der Waals surface area contributed by atoms with E-state index >= 15 is 0 Å². The molecule has 10 aromatic rings. The van der Waals surface area contributed by atoms with Gasteiger partial charge in [0, 0.05) is 24.8 Å². The van der Waals surface area contributed by atoms with Crippen molar-refractivity contribution in [1.82, 2.24) is 9.97 Å². The van der Waals surface area contributed by atoms with E-state index in [9.17, 15) is 0 Å². The van der Waals surface area contributed by atoms with Gasteiger partial charge in [-0.25, -0.2) is 0 Å². The second-order valence-corrected chi connectivity index (χ2v) is 18.7. The highest BCUT2D eigenvalue weighted by Crippen LogP contribution is 2.52. The Balaban J connectivity index is 0.944. The van der Waals surface area contributed by atoms with Gasteiger partial charge in [0.2, 0.25) is 0 Å². The minimum absolute atomic E-state index is 0.362. The van der Waals surface area contributed by atoms with Gasteiger partial charge in [-0.15, -0.1) is 11.8 Å². The van der Waals surface area contributed by atoms with Crippen molar-refractivity contribution in [2.24, 2.45) is 0 Å². The van der Waals surface area contributed by atoms with Crippen LogP contribution >= 0.6 is 0 Å². The van der Waals surface area contributed by atoms with Gasteiger partial charge in [-0.2, -0.15) is 0 Å². The minimum Gasteiger partial charge on any atom is -0.481 e. The summed E-state index contributed by atoms with van der Waals surface area (Å²) in [6.45, 7) is 4.38. The number of rotatable bonds is 10. The Morgan fingerprint density at radius 3 is 1.22 bits per heavy atom. The summed E-state index contributed by atoms with van der Waals surface area (Å²) in [5, 5.41) is 4.50. The van der Waals surface area contributed by atoms with Gasteiger partial charge in [0.1, 0.15) is 24.7 Å². The molecular formula is C69H50N2O2. The van der Waals surface area contributed by atoms with Crippen molar-refractivity contribution < 1.29 is 9.47 Å². The van der Waals surface area contributed by atoms with Crippen molar-refractivity contribution in [1.29, 1.82) is 0 Å². The Kier molecular flexibility index (Phi) is 11.8. The number of ether oxygens (including phenoxy) is 2. The van der Waals surface area contributed by atoms with Gasteiger partial charge in [-0.1, -0.05) is 170 Å². The fourth-order valence-corrected chi connectivity index (χ4v) is 11.4. The molecule has 0 amide bonds. The lowest BCUT2D eigenvalue weighted by molar-refractivity contribution is 0.370. The topological polar surface area (TPSA) is 44.2 Å². The Bertz CT molecular complexity index is 3580. The molecule has 2 aliphatic rings. The molecule has 73 heavy (non-hydrogen) atoms. The lowest BCUT2D eigenvalue weighted by Gasteiger charge is -2.38. The largest absolute Gasteiger partial charge is 0.481 e. The molecule has 0 N–H and O–H groups in total. The molecule has 0 bridgehead atoms. The molecule has 8 aromatic carbocycles. The first-order chi connectivity index (χ1) is 36.1.